The molecule has 0 heterocycles. The normalized spacial score (nSPS) is 36.4. The van der Waals surface area contributed by atoms with E-state index in [4.69, 9.17) is 25.6 Å². The van der Waals surface area contributed by atoms with Gasteiger partial charge in [0, 0.05) is 11.8 Å². The summed E-state index contributed by atoms with van der Waals surface area (Å²) < 4.78 is 10.1. The van der Waals surface area contributed by atoms with Crippen LogP contribution in [-0.2, 0) is 33.5 Å². The van der Waals surface area contributed by atoms with E-state index in [0.29, 0.717) is 32.1 Å². The Bertz CT molecular complexity index is 1100. The Morgan fingerprint density at radius 3 is 2.52 bits per heavy atom. The number of rotatable bonds is 12. The first-order valence-corrected chi connectivity index (χ1v) is 14.8. The fourth-order valence-corrected chi connectivity index (χ4v) is 8.37. The summed E-state index contributed by atoms with van der Waals surface area (Å²) in [5, 5.41) is 39.7. The molecule has 13 nitrogen and oxygen atoms in total. The zero-order valence-corrected chi connectivity index (χ0v) is 24.3. The van der Waals surface area contributed by atoms with Crippen LogP contribution in [0.3, 0.4) is 0 Å². The average molecular weight is 597 g/mol. The lowest BCUT2D eigenvalue weighted by Gasteiger charge is -2.60. The van der Waals surface area contributed by atoms with Crippen molar-refractivity contribution in [2.75, 3.05) is 19.8 Å². The van der Waals surface area contributed by atoms with Gasteiger partial charge in [-0.25, -0.2) is 0 Å². The minimum Gasteiger partial charge on any atom is -0.465 e. The van der Waals surface area contributed by atoms with Gasteiger partial charge in [-0.2, -0.15) is 0 Å². The van der Waals surface area contributed by atoms with E-state index in [9.17, 15) is 29.4 Å². The quantitative estimate of drug-likeness (QED) is 0.123. The smallest absolute Gasteiger partial charge is 0.323 e. The Kier molecular flexibility index (Phi) is 9.93. The zero-order chi connectivity index (χ0) is 30.9. The molecular weight excluding hydrogens is 552 g/mol. The second-order valence-electron chi connectivity index (χ2n) is 12.8. The van der Waals surface area contributed by atoms with Crippen LogP contribution in [0.5, 0.6) is 0 Å². The Hall–Kier alpha value is -2.26. The van der Waals surface area contributed by atoms with Crippen molar-refractivity contribution < 1.29 is 54.1 Å². The number of unbranched alkanes of at least 4 members (excludes halogenated alkanes) is 1. The maximum atomic E-state index is 13.4. The van der Waals surface area contributed by atoms with Crippen LogP contribution in [-0.4, -0.2) is 87.1 Å². The predicted octanol–water partition coefficient (Wildman–Crippen LogP) is 1.39. The van der Waals surface area contributed by atoms with Crippen LogP contribution in [0.2, 0.25) is 0 Å². The lowest BCUT2D eigenvalue weighted by Crippen LogP contribution is -2.62. The summed E-state index contributed by atoms with van der Waals surface area (Å²) in [5.41, 5.74) is 3.88. The van der Waals surface area contributed by atoms with E-state index in [0.717, 1.165) is 18.4 Å². The molecule has 4 rings (SSSR count). The monoisotopic (exact) mass is 596 g/mol. The topological polar surface area (TPSA) is 206 Å². The van der Waals surface area contributed by atoms with Crippen LogP contribution in [0.4, 0.5) is 0 Å². The molecule has 3 fully saturated rings. The third kappa shape index (κ3) is 6.19. The number of aliphatic hydroxyl groups excluding tert-OH is 1. The van der Waals surface area contributed by atoms with E-state index in [1.807, 2.05) is 6.92 Å². The summed E-state index contributed by atoms with van der Waals surface area (Å²) in [5.74, 6) is -2.19. The van der Waals surface area contributed by atoms with E-state index in [-0.39, 0.29) is 55.0 Å². The number of carbonyl (C=O) groups excluding carboxylic acids is 4. The van der Waals surface area contributed by atoms with Crippen molar-refractivity contribution in [3.63, 3.8) is 0 Å². The van der Waals surface area contributed by atoms with E-state index in [1.165, 1.54) is 0 Å². The molecule has 0 aliphatic heterocycles. The summed E-state index contributed by atoms with van der Waals surface area (Å²) in [6.07, 6.45) is 4.93. The van der Waals surface area contributed by atoms with Gasteiger partial charge >= 0.3 is 11.9 Å². The maximum absolute atomic E-state index is 13.4. The van der Waals surface area contributed by atoms with Gasteiger partial charge < -0.3 is 25.4 Å². The van der Waals surface area contributed by atoms with Crippen molar-refractivity contribution in [1.82, 2.24) is 5.39 Å². The Labute approximate surface area is 244 Å². The van der Waals surface area contributed by atoms with Gasteiger partial charge in [0.2, 0.25) is 5.78 Å². The first-order valence-electron chi connectivity index (χ1n) is 14.8. The molecule has 0 spiro atoms. The minimum absolute atomic E-state index is 0.00692. The molecule has 8 atom stereocenters. The molecule has 0 aromatic carbocycles. The number of allylic oxidation sites excluding steroid dienone is 1. The fraction of sp³-hybridized carbons (Fsp3) is 0.793. The molecule has 4 aliphatic rings. The first-order chi connectivity index (χ1) is 19.7. The van der Waals surface area contributed by atoms with Crippen LogP contribution in [0.15, 0.2) is 11.6 Å². The SMILES string of the molecule is C[C@]12CCC(=O)C=C1CC[C@@H]1C2[C@@H](O)C[C@@]2(C)[C@H]1CC[C@]2(O)C(=O)COC(=O)CC(N)C(=O)OCCCCON(O)O. The highest BCUT2D eigenvalue weighted by atomic mass is 17.1. The van der Waals surface area contributed by atoms with Crippen molar-refractivity contribution in [2.24, 2.45) is 34.3 Å². The third-order valence-electron chi connectivity index (χ3n) is 10.6. The molecule has 4 aliphatic carbocycles. The van der Waals surface area contributed by atoms with Gasteiger partial charge in [-0.1, -0.05) is 19.4 Å². The van der Waals surface area contributed by atoms with Crippen LogP contribution < -0.4 is 5.73 Å². The van der Waals surface area contributed by atoms with E-state index in [2.05, 4.69) is 11.8 Å². The number of Topliss-reactive ketones (excluding diaryl/α,β-unsaturated/α-hetero) is 1. The van der Waals surface area contributed by atoms with E-state index in [1.54, 1.807) is 6.08 Å². The fourth-order valence-electron chi connectivity index (χ4n) is 8.37. The number of aliphatic hydroxyl groups is 2. The highest BCUT2D eigenvalue weighted by Crippen LogP contribution is 2.67. The molecular formula is C29H44N2O11. The van der Waals surface area contributed by atoms with Gasteiger partial charge in [0.25, 0.3) is 0 Å². The molecule has 2 unspecified atom stereocenters. The van der Waals surface area contributed by atoms with Gasteiger partial charge in [-0.3, -0.25) is 34.4 Å². The standard InChI is InChI=1S/C29H44N2O11/c1-27-9-7-18(32)13-17(27)5-6-19-20-8-10-29(37,28(20,2)15-22(33)25(19)27)23(34)16-41-24(35)14-21(30)26(36)40-11-3-4-12-42-31(38)39/h13,19-22,25,33,37-39H,3-12,14-16,30H2,1-2H3/t19-,20-,21?,22-,25?,27-,28-,29-/m0/s1. The Balaban J connectivity index is 1.30. The number of esters is 2. The van der Waals surface area contributed by atoms with E-state index >= 15 is 0 Å². The zero-order valence-electron chi connectivity index (χ0n) is 24.3. The maximum Gasteiger partial charge on any atom is 0.323 e. The summed E-state index contributed by atoms with van der Waals surface area (Å²) in [6, 6.07) is -1.31. The van der Waals surface area contributed by atoms with Gasteiger partial charge in [0.1, 0.15) is 11.6 Å². The second kappa shape index (κ2) is 12.8. The molecule has 42 heavy (non-hydrogen) atoms. The second-order valence-corrected chi connectivity index (χ2v) is 12.8. The predicted molar refractivity (Wildman–Crippen MR) is 143 cm³/mol. The lowest BCUT2D eigenvalue weighted by atomic mass is 9.45. The summed E-state index contributed by atoms with van der Waals surface area (Å²) in [4.78, 5) is 54.3. The lowest BCUT2D eigenvalue weighted by molar-refractivity contribution is -0.492. The van der Waals surface area contributed by atoms with Crippen LogP contribution in [0.1, 0.15) is 78.1 Å². The average Bonchev–Trinajstić information content (AvgIpc) is 3.19. The minimum atomic E-state index is -1.78. The van der Waals surface area contributed by atoms with Crippen molar-refractivity contribution in [3.05, 3.63) is 11.6 Å². The number of fused-ring (bicyclic) bond motifs is 5. The van der Waals surface area contributed by atoms with Gasteiger partial charge in [0.15, 0.2) is 12.4 Å². The molecule has 0 aromatic heterocycles. The molecule has 236 valence electrons. The molecule has 0 saturated heterocycles. The van der Waals surface area contributed by atoms with Crippen molar-refractivity contribution in [1.29, 1.82) is 0 Å². The number of hydrogen-bond acceptors (Lipinski definition) is 13. The van der Waals surface area contributed by atoms with Crippen molar-refractivity contribution >= 4 is 23.5 Å². The first kappa shape index (κ1) is 32.6. The number of nitrogens with two attached hydrogens (primary N) is 1. The summed E-state index contributed by atoms with van der Waals surface area (Å²) >= 11 is 0. The van der Waals surface area contributed by atoms with Crippen molar-refractivity contribution in [2.45, 2.75) is 95.8 Å². The number of nitrogens with zero attached hydrogens (tertiary/aromatic N) is 1. The number of ketones is 2. The van der Waals surface area contributed by atoms with Gasteiger partial charge in [-0.05, 0) is 80.6 Å². The number of hydrogen-bond donors (Lipinski definition) is 5. The Morgan fingerprint density at radius 1 is 1.10 bits per heavy atom. The largest absolute Gasteiger partial charge is 0.465 e. The van der Waals surface area contributed by atoms with Gasteiger partial charge in [0.05, 0.1) is 31.1 Å². The van der Waals surface area contributed by atoms with Gasteiger partial charge in [-0.15, -0.1) is 0 Å². The van der Waals surface area contributed by atoms with Crippen LogP contribution >= 0.6 is 0 Å². The van der Waals surface area contributed by atoms with Crippen LogP contribution in [0, 0.1) is 28.6 Å². The van der Waals surface area contributed by atoms with Crippen molar-refractivity contribution in [3.8, 4) is 0 Å². The summed E-state index contributed by atoms with van der Waals surface area (Å²) in [7, 11) is 0. The number of carbonyl (C=O) groups is 4. The third-order valence-corrected chi connectivity index (χ3v) is 10.6. The molecule has 6 N–H and O–H groups in total. The Morgan fingerprint density at radius 2 is 1.81 bits per heavy atom. The molecule has 0 bridgehead atoms. The van der Waals surface area contributed by atoms with Crippen LogP contribution in [0.25, 0.3) is 0 Å². The molecule has 0 radical (unpaired) electrons. The number of ether oxygens (including phenoxy) is 2. The van der Waals surface area contributed by atoms with E-state index < -0.39 is 59.3 Å². The molecule has 3 saturated carbocycles. The highest BCUT2D eigenvalue weighted by Gasteiger charge is 2.68. The highest BCUT2D eigenvalue weighted by molar-refractivity contribution is 5.92. The molecule has 13 heteroatoms. The summed E-state index contributed by atoms with van der Waals surface area (Å²) in [6.45, 7) is 3.28. The molecule has 0 amide bonds. The molecule has 0 aromatic rings.